The minimum absolute atomic E-state index is 0.223. The first-order chi connectivity index (χ1) is 9.02. The van der Waals surface area contributed by atoms with E-state index in [1.807, 2.05) is 0 Å². The van der Waals surface area contributed by atoms with Crippen LogP contribution >= 0.6 is 0 Å². The van der Waals surface area contributed by atoms with Gasteiger partial charge in [0.15, 0.2) is 0 Å². The highest BCUT2D eigenvalue weighted by Crippen LogP contribution is 2.42. The van der Waals surface area contributed by atoms with Crippen LogP contribution in [0.3, 0.4) is 0 Å². The molecule has 0 bridgehead atoms. The number of carbonyl (C=O) groups excluding carboxylic acids is 1. The third kappa shape index (κ3) is 1.43. The number of carboxylic acid groups (broad SMARTS) is 2. The number of nitrogens with one attached hydrogen (secondary N) is 1. The minimum Gasteiger partial charge on any atom is -0.545 e. The maximum absolute atomic E-state index is 11.4. The third-order valence-electron chi connectivity index (χ3n) is 3.63. The Morgan fingerprint density at radius 1 is 1.26 bits per heavy atom. The fourth-order valence-electron chi connectivity index (χ4n) is 2.96. The highest BCUT2D eigenvalue weighted by molar-refractivity contribution is 6.07. The van der Waals surface area contributed by atoms with Crippen molar-refractivity contribution in [3.8, 4) is 0 Å². The van der Waals surface area contributed by atoms with Gasteiger partial charge in [-0.3, -0.25) is 0 Å². The summed E-state index contributed by atoms with van der Waals surface area (Å²) in [5, 5.41) is 20.6. The molecule has 0 amide bonds. The van der Waals surface area contributed by atoms with Gasteiger partial charge in [-0.2, -0.15) is 0 Å². The molecule has 3 rings (SSSR count). The van der Waals surface area contributed by atoms with Crippen LogP contribution < -0.4 is 5.11 Å². The molecule has 1 heterocycles. The molecule has 0 fully saturated rings. The second-order valence-corrected chi connectivity index (χ2v) is 4.60. The zero-order valence-electron chi connectivity index (χ0n) is 9.90. The number of fused-ring (bicyclic) bond motifs is 3. The van der Waals surface area contributed by atoms with Crippen LogP contribution in [-0.4, -0.2) is 21.7 Å². The molecule has 1 aliphatic carbocycles. The fraction of sp³-hybridized carbons (Fsp3) is 0.231. The molecule has 0 unspecified atom stereocenters. The second kappa shape index (κ2) is 3.74. The summed E-state index contributed by atoms with van der Waals surface area (Å²) in [6.07, 6.45) is 4.83. The molecular weight excluding hydrogens is 248 g/mol. The van der Waals surface area contributed by atoms with Gasteiger partial charge < -0.3 is 15.0 Å². The topological polar surface area (TPSA) is 104 Å². The molecule has 19 heavy (non-hydrogen) atoms. The maximum Gasteiger partial charge on any atom is 0.337 e. The molecule has 0 spiro atoms. The highest BCUT2D eigenvalue weighted by Gasteiger charge is 2.36. The van der Waals surface area contributed by atoms with Crippen LogP contribution in [-0.2, 0) is 12.8 Å². The lowest BCUT2D eigenvalue weighted by Crippen LogP contribution is -2.27. The molecule has 2 N–H and O–H groups in total. The van der Waals surface area contributed by atoms with Gasteiger partial charge in [0.2, 0.25) is 11.9 Å². The predicted molar refractivity (Wildman–Crippen MR) is 61.4 cm³/mol. The zero-order chi connectivity index (χ0) is 13.7. The van der Waals surface area contributed by atoms with Crippen molar-refractivity contribution in [3.63, 3.8) is 0 Å². The van der Waals surface area contributed by atoms with Gasteiger partial charge in [0.25, 0.3) is 0 Å². The number of hydrogen-bond acceptors (Lipinski definition) is 4. The Bertz CT molecular complexity index is 689. The molecule has 1 aromatic rings. The Hall–Kier alpha value is -2.50. The van der Waals surface area contributed by atoms with Crippen molar-refractivity contribution in [2.24, 2.45) is 0 Å². The number of carbonyl (C=O) groups is 2. The van der Waals surface area contributed by atoms with Crippen molar-refractivity contribution in [2.45, 2.75) is 19.3 Å². The minimum atomic E-state index is -1.46. The predicted octanol–water partition coefficient (Wildman–Crippen LogP) is 0.896. The normalized spacial score (nSPS) is 15.5. The first kappa shape index (κ1) is 11.6. The van der Waals surface area contributed by atoms with E-state index in [1.54, 1.807) is 0 Å². The van der Waals surface area contributed by atoms with E-state index in [0.717, 1.165) is 16.7 Å². The summed E-state index contributed by atoms with van der Waals surface area (Å²) >= 11 is 0. The Balaban J connectivity index is 2.48. The van der Waals surface area contributed by atoms with E-state index in [-0.39, 0.29) is 11.1 Å². The van der Waals surface area contributed by atoms with Crippen LogP contribution in [0.4, 0.5) is 5.69 Å². The van der Waals surface area contributed by atoms with Crippen molar-refractivity contribution < 1.29 is 24.5 Å². The van der Waals surface area contributed by atoms with Gasteiger partial charge >= 0.3 is 5.97 Å². The monoisotopic (exact) mass is 258 g/mol. The second-order valence-electron chi connectivity index (χ2n) is 4.60. The molecule has 0 radical (unpaired) electrons. The van der Waals surface area contributed by atoms with Crippen LogP contribution in [0.2, 0.25) is 0 Å². The number of nitrogens with zero attached hydrogens (tertiary/aromatic N) is 1. The van der Waals surface area contributed by atoms with E-state index in [1.165, 1.54) is 12.3 Å². The van der Waals surface area contributed by atoms with Gasteiger partial charge in [-0.15, -0.1) is 0 Å². The fourth-order valence-corrected chi connectivity index (χ4v) is 2.96. The summed E-state index contributed by atoms with van der Waals surface area (Å²) in [7, 11) is 0. The Labute approximate surface area is 108 Å². The number of rotatable bonds is 2. The van der Waals surface area contributed by atoms with Gasteiger partial charge in [0.05, 0.1) is 17.1 Å². The molecular formula is C13H10N2O4. The summed E-state index contributed by atoms with van der Waals surface area (Å²) in [5.74, 6) is -2.76. The quantitative estimate of drug-likeness (QED) is 0.769. The van der Waals surface area contributed by atoms with Crippen LogP contribution in [0.15, 0.2) is 6.20 Å². The largest absolute Gasteiger partial charge is 0.545 e. The summed E-state index contributed by atoms with van der Waals surface area (Å²) in [6.45, 7) is 0. The average molecular weight is 258 g/mol. The lowest BCUT2D eigenvalue weighted by Gasteiger charge is -2.15. The molecule has 1 aliphatic heterocycles. The van der Waals surface area contributed by atoms with Gasteiger partial charge in [-0.1, -0.05) is 4.70 Å². The van der Waals surface area contributed by atoms with Gasteiger partial charge in [0.1, 0.15) is 0 Å². The Kier molecular flexibility index (Phi) is 2.28. The Morgan fingerprint density at radius 2 is 1.95 bits per heavy atom. The van der Waals surface area contributed by atoms with Gasteiger partial charge in [-0.05, 0) is 30.4 Å². The van der Waals surface area contributed by atoms with Crippen LogP contribution in [0, 0.1) is 5.53 Å². The van der Waals surface area contributed by atoms with Crippen LogP contribution in [0.1, 0.15) is 43.8 Å². The summed E-state index contributed by atoms with van der Waals surface area (Å²) < 4.78 is 1.10. The van der Waals surface area contributed by atoms with Crippen molar-refractivity contribution in [3.05, 3.63) is 34.0 Å². The summed E-state index contributed by atoms with van der Waals surface area (Å²) in [6, 6.07) is 0. The van der Waals surface area contributed by atoms with E-state index < -0.39 is 11.9 Å². The van der Waals surface area contributed by atoms with Crippen molar-refractivity contribution >= 4 is 23.7 Å². The molecule has 2 aliphatic rings. The molecule has 0 saturated heterocycles. The SMILES string of the molecule is N=[N+]1C=Cc2c(C(=O)O)c(C(=O)[O-])c3c(c21)CCC3. The average Bonchev–Trinajstić information content (AvgIpc) is 2.92. The van der Waals surface area contributed by atoms with Crippen LogP contribution in [0.5, 0.6) is 0 Å². The lowest BCUT2D eigenvalue weighted by atomic mass is 9.91. The number of hydrogen-bond donors (Lipinski definition) is 2. The van der Waals surface area contributed by atoms with Gasteiger partial charge in [-0.25, -0.2) is 4.79 Å². The van der Waals surface area contributed by atoms with E-state index in [0.29, 0.717) is 29.7 Å². The number of aromatic carboxylic acids is 2. The van der Waals surface area contributed by atoms with Gasteiger partial charge in [0, 0.05) is 17.2 Å². The van der Waals surface area contributed by atoms with Crippen LogP contribution in [0.25, 0.3) is 6.08 Å². The molecule has 0 aromatic heterocycles. The Morgan fingerprint density at radius 3 is 2.58 bits per heavy atom. The van der Waals surface area contributed by atoms with E-state index in [2.05, 4.69) is 0 Å². The molecule has 6 heteroatoms. The molecule has 0 saturated carbocycles. The number of benzene rings is 1. The van der Waals surface area contributed by atoms with E-state index >= 15 is 0 Å². The molecule has 0 atom stereocenters. The highest BCUT2D eigenvalue weighted by atomic mass is 16.4. The summed E-state index contributed by atoms with van der Waals surface area (Å²) in [5.41, 5.74) is 9.37. The first-order valence-corrected chi connectivity index (χ1v) is 5.87. The smallest absolute Gasteiger partial charge is 0.337 e. The van der Waals surface area contributed by atoms with Crippen molar-refractivity contribution in [2.75, 3.05) is 0 Å². The number of carboxylic acids is 2. The lowest BCUT2D eigenvalue weighted by molar-refractivity contribution is -0.461. The standard InChI is InChI=1S/C13H10N2O4/c14-15-5-4-8-10(13(18)19)9(12(16)17)6-2-1-3-7(6)11(8)15/h4-5,14H,1-3H2,(H-,16,17,18,19). The first-order valence-electron chi connectivity index (χ1n) is 5.87. The van der Waals surface area contributed by atoms with E-state index in [4.69, 9.17) is 5.53 Å². The molecule has 96 valence electrons. The summed E-state index contributed by atoms with van der Waals surface area (Å²) in [4.78, 5) is 22.7. The van der Waals surface area contributed by atoms with Crippen molar-refractivity contribution in [1.82, 2.24) is 0 Å². The zero-order valence-corrected chi connectivity index (χ0v) is 9.90. The van der Waals surface area contributed by atoms with E-state index in [9.17, 15) is 19.8 Å². The van der Waals surface area contributed by atoms with Crippen molar-refractivity contribution in [1.29, 1.82) is 5.53 Å². The maximum atomic E-state index is 11.4. The molecule has 1 aromatic carbocycles. The third-order valence-corrected chi connectivity index (χ3v) is 3.63. The molecule has 6 nitrogen and oxygen atoms in total.